The molecule has 6 nitrogen and oxygen atoms in total. The van der Waals surface area contributed by atoms with Crippen LogP contribution in [0.3, 0.4) is 0 Å². The Morgan fingerprint density at radius 3 is 2.75 bits per heavy atom. The van der Waals surface area contributed by atoms with Crippen LogP contribution >= 0.6 is 0 Å². The highest BCUT2D eigenvalue weighted by molar-refractivity contribution is 5.88. The topological polar surface area (TPSA) is 76.1 Å². The number of hydrogen-bond donors (Lipinski definition) is 1. The fourth-order valence-corrected chi connectivity index (χ4v) is 2.06. The number of carboxylic acid groups (broad SMARTS) is 1. The first-order chi connectivity index (χ1) is 9.52. The van der Waals surface area contributed by atoms with Crippen LogP contribution in [0, 0.1) is 0 Å². The van der Waals surface area contributed by atoms with Crippen molar-refractivity contribution < 1.29 is 24.2 Å². The summed E-state index contributed by atoms with van der Waals surface area (Å²) < 4.78 is 11.1. The van der Waals surface area contributed by atoms with Crippen molar-refractivity contribution in [1.82, 2.24) is 4.90 Å². The maximum absolute atomic E-state index is 11.8. The highest BCUT2D eigenvalue weighted by Crippen LogP contribution is 2.31. The molecule has 1 saturated heterocycles. The van der Waals surface area contributed by atoms with E-state index in [0.29, 0.717) is 31.1 Å². The third-order valence-corrected chi connectivity index (χ3v) is 3.14. The number of ether oxygens (including phenoxy) is 2. The Morgan fingerprint density at radius 2 is 2.20 bits per heavy atom. The number of aromatic carboxylic acids is 1. The molecule has 1 atom stereocenters. The molecule has 0 radical (unpaired) electrons. The van der Waals surface area contributed by atoms with Gasteiger partial charge in [-0.1, -0.05) is 0 Å². The number of nitrogens with zero attached hydrogens (tertiary/aromatic N) is 1. The van der Waals surface area contributed by atoms with Gasteiger partial charge in [0.25, 0.3) is 5.91 Å². The first kappa shape index (κ1) is 14.2. The third-order valence-electron chi connectivity index (χ3n) is 3.14. The Labute approximate surface area is 116 Å². The van der Waals surface area contributed by atoms with Gasteiger partial charge in [0.05, 0.1) is 12.2 Å². The van der Waals surface area contributed by atoms with Gasteiger partial charge in [0.15, 0.2) is 17.6 Å². The van der Waals surface area contributed by atoms with Crippen molar-refractivity contribution in [1.29, 1.82) is 0 Å². The molecule has 20 heavy (non-hydrogen) atoms. The number of carboxylic acids is 1. The van der Waals surface area contributed by atoms with E-state index in [0.717, 1.165) is 0 Å². The summed E-state index contributed by atoms with van der Waals surface area (Å²) in [6.45, 7) is 2.84. The number of likely N-dealkylation sites (N-methyl/N-ethyl adjacent to an activating group) is 1. The monoisotopic (exact) mass is 279 g/mol. The molecule has 0 spiro atoms. The van der Waals surface area contributed by atoms with Crippen molar-refractivity contribution in [2.75, 3.05) is 20.2 Å². The smallest absolute Gasteiger partial charge is 0.335 e. The molecule has 1 aromatic rings. The molecule has 0 bridgehead atoms. The highest BCUT2D eigenvalue weighted by atomic mass is 16.5. The molecule has 1 aliphatic rings. The van der Waals surface area contributed by atoms with Crippen LogP contribution in [0.4, 0.5) is 0 Å². The van der Waals surface area contributed by atoms with Crippen LogP contribution in [0.5, 0.6) is 11.5 Å². The Kier molecular flexibility index (Phi) is 4.12. The average Bonchev–Trinajstić information content (AvgIpc) is 2.73. The zero-order valence-electron chi connectivity index (χ0n) is 11.5. The van der Waals surface area contributed by atoms with Gasteiger partial charge in [-0.3, -0.25) is 4.79 Å². The van der Waals surface area contributed by atoms with Crippen LogP contribution < -0.4 is 9.47 Å². The number of benzene rings is 1. The predicted octanol–water partition coefficient (Wildman–Crippen LogP) is 1.39. The molecule has 1 unspecified atom stereocenters. The Balaban J connectivity index is 2.22. The van der Waals surface area contributed by atoms with E-state index in [2.05, 4.69) is 0 Å². The lowest BCUT2D eigenvalue weighted by Crippen LogP contribution is -2.29. The minimum Gasteiger partial charge on any atom is -0.490 e. The van der Waals surface area contributed by atoms with E-state index in [4.69, 9.17) is 14.6 Å². The maximum atomic E-state index is 11.8. The van der Waals surface area contributed by atoms with Crippen LogP contribution in [-0.2, 0) is 4.79 Å². The van der Waals surface area contributed by atoms with Crippen LogP contribution in [-0.4, -0.2) is 48.2 Å². The standard InChI is InChI=1S/C14H17NO5/c1-3-19-12-8-9(14(17)18)4-5-10(12)20-11-6-7-15(2)13(11)16/h4-5,8,11H,3,6-7H2,1-2H3,(H,17,18). The van der Waals surface area contributed by atoms with Crippen LogP contribution in [0.1, 0.15) is 23.7 Å². The van der Waals surface area contributed by atoms with Crippen molar-refractivity contribution >= 4 is 11.9 Å². The SMILES string of the molecule is CCOc1cc(C(=O)O)ccc1OC1CCN(C)C1=O. The minimum atomic E-state index is -1.03. The van der Waals surface area contributed by atoms with Gasteiger partial charge in [-0.05, 0) is 25.1 Å². The fraction of sp³-hybridized carbons (Fsp3) is 0.429. The summed E-state index contributed by atoms with van der Waals surface area (Å²) in [4.78, 5) is 24.4. The summed E-state index contributed by atoms with van der Waals surface area (Å²) in [6, 6.07) is 4.37. The predicted molar refractivity (Wildman–Crippen MR) is 71.2 cm³/mol. The first-order valence-corrected chi connectivity index (χ1v) is 6.44. The lowest BCUT2D eigenvalue weighted by molar-refractivity contribution is -0.132. The molecule has 108 valence electrons. The second kappa shape index (κ2) is 5.81. The first-order valence-electron chi connectivity index (χ1n) is 6.44. The lowest BCUT2D eigenvalue weighted by Gasteiger charge is -2.16. The molecule has 1 aromatic carbocycles. The van der Waals surface area contributed by atoms with Gasteiger partial charge >= 0.3 is 5.97 Å². The Morgan fingerprint density at radius 1 is 1.45 bits per heavy atom. The van der Waals surface area contributed by atoms with Crippen LogP contribution in [0.15, 0.2) is 18.2 Å². The van der Waals surface area contributed by atoms with Crippen molar-refractivity contribution in [3.8, 4) is 11.5 Å². The van der Waals surface area contributed by atoms with E-state index >= 15 is 0 Å². The number of likely N-dealkylation sites (tertiary alicyclic amines) is 1. The van der Waals surface area contributed by atoms with Gasteiger partial charge in [0.1, 0.15) is 0 Å². The molecular weight excluding hydrogens is 262 g/mol. The molecular formula is C14H17NO5. The summed E-state index contributed by atoms with van der Waals surface area (Å²) in [6.07, 6.45) is 0.0802. The van der Waals surface area contributed by atoms with Crippen LogP contribution in [0.25, 0.3) is 0 Å². The molecule has 1 amide bonds. The summed E-state index contributed by atoms with van der Waals surface area (Å²) >= 11 is 0. The van der Waals surface area contributed by atoms with Gasteiger partial charge in [-0.15, -0.1) is 0 Å². The fourth-order valence-electron chi connectivity index (χ4n) is 2.06. The van der Waals surface area contributed by atoms with Gasteiger partial charge in [0, 0.05) is 20.0 Å². The normalized spacial score (nSPS) is 18.2. The minimum absolute atomic E-state index is 0.0743. The van der Waals surface area contributed by atoms with Gasteiger partial charge < -0.3 is 19.5 Å². The second-order valence-electron chi connectivity index (χ2n) is 4.55. The van der Waals surface area contributed by atoms with Gasteiger partial charge in [0.2, 0.25) is 0 Å². The molecule has 1 aliphatic heterocycles. The number of amides is 1. The number of carbonyl (C=O) groups is 2. The number of hydrogen-bond acceptors (Lipinski definition) is 4. The van der Waals surface area contributed by atoms with Crippen molar-refractivity contribution in [2.24, 2.45) is 0 Å². The second-order valence-corrected chi connectivity index (χ2v) is 4.55. The Hall–Kier alpha value is -2.24. The number of rotatable bonds is 5. The highest BCUT2D eigenvalue weighted by Gasteiger charge is 2.31. The summed E-state index contributed by atoms with van der Waals surface area (Å²) in [7, 11) is 1.72. The van der Waals surface area contributed by atoms with E-state index in [9.17, 15) is 9.59 Å². The third kappa shape index (κ3) is 2.84. The van der Waals surface area contributed by atoms with Crippen molar-refractivity contribution in [2.45, 2.75) is 19.4 Å². The zero-order valence-corrected chi connectivity index (χ0v) is 11.5. The molecule has 0 saturated carbocycles. The van der Waals surface area contributed by atoms with E-state index in [1.807, 2.05) is 0 Å². The van der Waals surface area contributed by atoms with E-state index < -0.39 is 12.1 Å². The molecule has 1 N–H and O–H groups in total. The molecule has 1 fully saturated rings. The van der Waals surface area contributed by atoms with Crippen molar-refractivity contribution in [3.63, 3.8) is 0 Å². The summed E-state index contributed by atoms with van der Waals surface area (Å²) in [5.74, 6) is -0.371. The largest absolute Gasteiger partial charge is 0.490 e. The van der Waals surface area contributed by atoms with Gasteiger partial charge in [-0.25, -0.2) is 4.79 Å². The molecule has 2 rings (SSSR count). The molecule has 6 heteroatoms. The lowest BCUT2D eigenvalue weighted by atomic mass is 10.2. The average molecular weight is 279 g/mol. The zero-order chi connectivity index (χ0) is 14.7. The molecule has 1 heterocycles. The quantitative estimate of drug-likeness (QED) is 0.881. The molecule has 0 aliphatic carbocycles. The Bertz CT molecular complexity index is 528. The maximum Gasteiger partial charge on any atom is 0.335 e. The van der Waals surface area contributed by atoms with Gasteiger partial charge in [-0.2, -0.15) is 0 Å². The molecule has 0 aromatic heterocycles. The van der Waals surface area contributed by atoms with E-state index in [1.165, 1.54) is 18.2 Å². The number of carbonyl (C=O) groups excluding carboxylic acids is 1. The van der Waals surface area contributed by atoms with E-state index in [-0.39, 0.29) is 11.5 Å². The van der Waals surface area contributed by atoms with E-state index in [1.54, 1.807) is 18.9 Å². The van der Waals surface area contributed by atoms with Crippen molar-refractivity contribution in [3.05, 3.63) is 23.8 Å². The van der Waals surface area contributed by atoms with Crippen LogP contribution in [0.2, 0.25) is 0 Å². The summed E-state index contributed by atoms with van der Waals surface area (Å²) in [5, 5.41) is 8.97. The summed E-state index contributed by atoms with van der Waals surface area (Å²) in [5.41, 5.74) is 0.121.